The van der Waals surface area contributed by atoms with Crippen molar-refractivity contribution in [1.82, 2.24) is 0 Å². The molecule has 0 amide bonds. The summed E-state index contributed by atoms with van der Waals surface area (Å²) in [4.78, 5) is 0. The van der Waals surface area contributed by atoms with Crippen LogP contribution in [0.2, 0.25) is 0 Å². The Labute approximate surface area is 146 Å². The number of aliphatic hydroxyl groups excluding tert-OH is 1. The SMILES string of the molecule is C/C(=N\N)[C@H]1CCC2C3CC=C4C[C@@H](O)CC[C@]4(C)C3CC[C@@]21C. The van der Waals surface area contributed by atoms with Crippen molar-refractivity contribution in [3.05, 3.63) is 11.6 Å². The molecule has 0 spiro atoms. The van der Waals surface area contributed by atoms with E-state index >= 15 is 0 Å². The first-order valence-corrected chi connectivity index (χ1v) is 10.0. The summed E-state index contributed by atoms with van der Waals surface area (Å²) in [6, 6.07) is 0. The molecule has 4 aliphatic rings. The smallest absolute Gasteiger partial charge is 0.0577 e. The largest absolute Gasteiger partial charge is 0.393 e. The van der Waals surface area contributed by atoms with E-state index < -0.39 is 0 Å². The van der Waals surface area contributed by atoms with Crippen LogP contribution in [0.4, 0.5) is 0 Å². The molecule has 0 heterocycles. The highest BCUT2D eigenvalue weighted by molar-refractivity contribution is 5.85. The van der Waals surface area contributed by atoms with Gasteiger partial charge in [-0.1, -0.05) is 25.5 Å². The minimum Gasteiger partial charge on any atom is -0.393 e. The lowest BCUT2D eigenvalue weighted by Gasteiger charge is -2.58. The summed E-state index contributed by atoms with van der Waals surface area (Å²) < 4.78 is 0. The Morgan fingerprint density at radius 3 is 2.71 bits per heavy atom. The summed E-state index contributed by atoms with van der Waals surface area (Å²) in [6.07, 6.45) is 12.0. The lowest BCUT2D eigenvalue weighted by molar-refractivity contribution is -0.0423. The monoisotopic (exact) mass is 330 g/mol. The third-order valence-corrected chi connectivity index (χ3v) is 8.79. The molecule has 3 nitrogen and oxygen atoms in total. The van der Waals surface area contributed by atoms with Crippen LogP contribution in [0.25, 0.3) is 0 Å². The van der Waals surface area contributed by atoms with Crippen molar-refractivity contribution in [3.63, 3.8) is 0 Å². The zero-order valence-electron chi connectivity index (χ0n) is 15.6. The molecule has 0 aromatic rings. The van der Waals surface area contributed by atoms with Gasteiger partial charge in [-0.25, -0.2) is 0 Å². The van der Waals surface area contributed by atoms with Crippen LogP contribution >= 0.6 is 0 Å². The number of aliphatic hydroxyl groups is 1. The van der Waals surface area contributed by atoms with Crippen molar-refractivity contribution in [2.45, 2.75) is 78.2 Å². The summed E-state index contributed by atoms with van der Waals surface area (Å²) in [5.41, 5.74) is 3.47. The van der Waals surface area contributed by atoms with Gasteiger partial charge in [-0.15, -0.1) is 0 Å². The molecule has 3 N–H and O–H groups in total. The highest BCUT2D eigenvalue weighted by atomic mass is 16.3. The topological polar surface area (TPSA) is 58.6 Å². The molecular formula is C21H34N2O. The molecule has 134 valence electrons. The first-order chi connectivity index (χ1) is 11.4. The maximum atomic E-state index is 10.1. The second kappa shape index (κ2) is 5.59. The molecule has 24 heavy (non-hydrogen) atoms. The molecule has 3 fully saturated rings. The third kappa shape index (κ3) is 2.16. The Morgan fingerprint density at radius 1 is 1.17 bits per heavy atom. The van der Waals surface area contributed by atoms with E-state index in [0.717, 1.165) is 36.3 Å². The van der Waals surface area contributed by atoms with E-state index in [1.54, 1.807) is 5.57 Å². The lowest BCUT2D eigenvalue weighted by Crippen LogP contribution is -2.50. The fourth-order valence-electron chi connectivity index (χ4n) is 7.42. The van der Waals surface area contributed by atoms with E-state index in [1.807, 2.05) is 0 Å². The Hall–Kier alpha value is -0.830. The molecule has 0 bridgehead atoms. The van der Waals surface area contributed by atoms with Gasteiger partial charge in [0.15, 0.2) is 0 Å². The van der Waals surface area contributed by atoms with Crippen LogP contribution in [-0.4, -0.2) is 16.9 Å². The number of hydrogen-bond acceptors (Lipinski definition) is 3. The zero-order valence-corrected chi connectivity index (χ0v) is 15.6. The lowest BCUT2D eigenvalue weighted by atomic mass is 9.47. The summed E-state index contributed by atoms with van der Waals surface area (Å²) in [6.45, 7) is 7.16. The number of hydrazone groups is 1. The molecule has 0 aliphatic heterocycles. The average molecular weight is 331 g/mol. The number of nitrogens with zero attached hydrogens (tertiary/aromatic N) is 1. The predicted molar refractivity (Wildman–Crippen MR) is 98.5 cm³/mol. The standard InChI is InChI=1S/C21H34N2O/c1-13(23-22)17-6-7-18-16-5-4-14-12-15(24)8-10-20(14,2)19(16)9-11-21(17,18)3/h4,15-19,24H,5-12,22H2,1-3H3/b23-13+/t15-,16?,17+,18?,19?,20-,21+/m0/s1. The minimum absolute atomic E-state index is 0.103. The first-order valence-electron chi connectivity index (χ1n) is 10.0. The van der Waals surface area contributed by atoms with E-state index in [1.165, 1.54) is 38.5 Å². The van der Waals surface area contributed by atoms with Crippen LogP contribution < -0.4 is 5.84 Å². The molecule has 0 saturated heterocycles. The molecule has 4 rings (SSSR count). The van der Waals surface area contributed by atoms with Crippen molar-refractivity contribution in [2.75, 3.05) is 0 Å². The van der Waals surface area contributed by atoms with Gasteiger partial charge in [0.25, 0.3) is 0 Å². The van der Waals surface area contributed by atoms with Gasteiger partial charge in [0, 0.05) is 11.6 Å². The van der Waals surface area contributed by atoms with Gasteiger partial charge in [-0.05, 0) is 86.9 Å². The van der Waals surface area contributed by atoms with E-state index in [-0.39, 0.29) is 6.10 Å². The molecular weight excluding hydrogens is 296 g/mol. The van der Waals surface area contributed by atoms with Crippen LogP contribution in [0.15, 0.2) is 16.8 Å². The van der Waals surface area contributed by atoms with Gasteiger partial charge < -0.3 is 10.9 Å². The number of allylic oxidation sites excluding steroid dienone is 1. The summed E-state index contributed by atoms with van der Waals surface area (Å²) in [5.74, 6) is 8.68. The average Bonchev–Trinajstić information content (AvgIpc) is 2.92. The van der Waals surface area contributed by atoms with E-state index in [4.69, 9.17) is 5.84 Å². The molecule has 3 heteroatoms. The molecule has 3 saturated carbocycles. The second-order valence-electron chi connectivity index (χ2n) is 9.60. The van der Waals surface area contributed by atoms with Gasteiger partial charge in [0.1, 0.15) is 0 Å². The molecule has 3 unspecified atom stereocenters. The van der Waals surface area contributed by atoms with E-state index in [9.17, 15) is 5.11 Å². The number of hydrogen-bond donors (Lipinski definition) is 2. The number of rotatable bonds is 1. The molecule has 7 atom stereocenters. The summed E-state index contributed by atoms with van der Waals surface area (Å²) in [5, 5.41) is 14.2. The Balaban J connectivity index is 1.65. The van der Waals surface area contributed by atoms with E-state index in [0.29, 0.717) is 16.7 Å². The maximum Gasteiger partial charge on any atom is 0.0577 e. The molecule has 0 aromatic heterocycles. The predicted octanol–water partition coefficient (Wildman–Crippen LogP) is 4.26. The Morgan fingerprint density at radius 2 is 1.96 bits per heavy atom. The highest BCUT2D eigenvalue weighted by Crippen LogP contribution is 2.66. The zero-order chi connectivity index (χ0) is 17.1. The third-order valence-electron chi connectivity index (χ3n) is 8.79. The van der Waals surface area contributed by atoms with Gasteiger partial charge >= 0.3 is 0 Å². The Kier molecular flexibility index (Phi) is 3.87. The maximum absolute atomic E-state index is 10.1. The van der Waals surface area contributed by atoms with Crippen LogP contribution in [0.1, 0.15) is 72.1 Å². The van der Waals surface area contributed by atoms with Gasteiger partial charge in [0.05, 0.1) is 6.10 Å². The Bertz CT molecular complexity index is 582. The quantitative estimate of drug-likeness (QED) is 0.327. The van der Waals surface area contributed by atoms with Crippen molar-refractivity contribution >= 4 is 5.71 Å². The molecule has 4 aliphatic carbocycles. The van der Waals surface area contributed by atoms with Crippen molar-refractivity contribution < 1.29 is 5.11 Å². The van der Waals surface area contributed by atoms with E-state index in [2.05, 4.69) is 31.9 Å². The fourth-order valence-corrected chi connectivity index (χ4v) is 7.42. The van der Waals surface area contributed by atoms with Crippen LogP contribution in [0.5, 0.6) is 0 Å². The highest BCUT2D eigenvalue weighted by Gasteiger charge is 2.58. The van der Waals surface area contributed by atoms with Crippen molar-refractivity contribution in [1.29, 1.82) is 0 Å². The second-order valence-corrected chi connectivity index (χ2v) is 9.60. The van der Waals surface area contributed by atoms with Gasteiger partial charge in [0.2, 0.25) is 0 Å². The normalized spacial score (nSPS) is 51.4. The van der Waals surface area contributed by atoms with Gasteiger partial charge in [-0.3, -0.25) is 0 Å². The number of nitrogens with two attached hydrogens (primary N) is 1. The van der Waals surface area contributed by atoms with Crippen LogP contribution in [0, 0.1) is 34.5 Å². The van der Waals surface area contributed by atoms with Crippen LogP contribution in [-0.2, 0) is 0 Å². The molecule has 0 aromatic carbocycles. The van der Waals surface area contributed by atoms with Crippen molar-refractivity contribution in [2.24, 2.45) is 45.4 Å². The fraction of sp³-hybridized carbons (Fsp3) is 0.857. The minimum atomic E-state index is -0.103. The number of fused-ring (bicyclic) bond motifs is 5. The van der Waals surface area contributed by atoms with Crippen molar-refractivity contribution in [3.8, 4) is 0 Å². The van der Waals surface area contributed by atoms with Gasteiger partial charge in [-0.2, -0.15) is 5.10 Å². The summed E-state index contributed by atoms with van der Waals surface area (Å²) >= 11 is 0. The molecule has 0 radical (unpaired) electrons. The summed E-state index contributed by atoms with van der Waals surface area (Å²) in [7, 11) is 0. The van der Waals surface area contributed by atoms with Crippen LogP contribution in [0.3, 0.4) is 0 Å². The first kappa shape index (κ1) is 16.6.